The van der Waals surface area contributed by atoms with Crippen LogP contribution < -0.4 is 0 Å². The fraction of sp³-hybridized carbons (Fsp3) is 0.286. The summed E-state index contributed by atoms with van der Waals surface area (Å²) in [6.45, 7) is 1.58. The molecule has 1 aromatic rings. The van der Waals surface area contributed by atoms with Gasteiger partial charge >= 0.3 is 5.97 Å². The maximum atomic E-state index is 10.4. The summed E-state index contributed by atoms with van der Waals surface area (Å²) in [5, 5.41) is 8.57. The second kappa shape index (κ2) is 3.09. The molecule has 60 valence electrons. The Morgan fingerprint density at radius 1 is 1.82 bits per heavy atom. The maximum absolute atomic E-state index is 10.4. The number of carboxylic acid groups (broad SMARTS) is 1. The van der Waals surface area contributed by atoms with E-state index < -0.39 is 11.9 Å². The number of carbonyl (C=O) groups is 1. The van der Waals surface area contributed by atoms with E-state index in [0.29, 0.717) is 5.76 Å². The Bertz CT molecular complexity index is 266. The van der Waals surface area contributed by atoms with E-state index in [1.165, 1.54) is 6.26 Å². The minimum Gasteiger partial charge on any atom is -0.481 e. The highest BCUT2D eigenvalue weighted by atomic mass is 79.9. The molecule has 0 amide bonds. The van der Waals surface area contributed by atoms with Crippen molar-refractivity contribution in [1.82, 2.24) is 0 Å². The van der Waals surface area contributed by atoms with Crippen molar-refractivity contribution in [2.75, 3.05) is 0 Å². The van der Waals surface area contributed by atoms with Crippen molar-refractivity contribution in [3.8, 4) is 0 Å². The summed E-state index contributed by atoms with van der Waals surface area (Å²) in [5.41, 5.74) is 0. The lowest BCUT2D eigenvalue weighted by atomic mass is 10.1. The summed E-state index contributed by atoms with van der Waals surface area (Å²) < 4.78 is 5.72. The Labute approximate surface area is 72.1 Å². The minimum absolute atomic E-state index is 0.462. The highest BCUT2D eigenvalue weighted by Gasteiger charge is 2.16. The van der Waals surface area contributed by atoms with E-state index in [2.05, 4.69) is 15.9 Å². The molecule has 3 nitrogen and oxygen atoms in total. The number of aliphatic carboxylic acids is 1. The lowest BCUT2D eigenvalue weighted by molar-refractivity contribution is -0.138. The quantitative estimate of drug-likeness (QED) is 0.829. The number of hydrogen-bond donors (Lipinski definition) is 1. The van der Waals surface area contributed by atoms with Gasteiger partial charge in [-0.25, -0.2) is 0 Å². The first-order valence-electron chi connectivity index (χ1n) is 3.08. The molecule has 4 heteroatoms. The molecule has 0 saturated heterocycles. The Hall–Kier alpha value is -0.770. The highest BCUT2D eigenvalue weighted by Crippen LogP contribution is 2.21. The van der Waals surface area contributed by atoms with E-state index in [1.54, 1.807) is 13.0 Å². The zero-order chi connectivity index (χ0) is 8.43. The van der Waals surface area contributed by atoms with Gasteiger partial charge in [-0.15, -0.1) is 0 Å². The average Bonchev–Trinajstić information content (AvgIpc) is 2.34. The second-order valence-corrected chi connectivity index (χ2v) is 3.14. The van der Waals surface area contributed by atoms with Crippen molar-refractivity contribution in [3.63, 3.8) is 0 Å². The maximum Gasteiger partial charge on any atom is 0.313 e. The molecule has 1 aromatic heterocycles. The van der Waals surface area contributed by atoms with Crippen LogP contribution >= 0.6 is 15.9 Å². The summed E-state index contributed by atoms with van der Waals surface area (Å²) in [7, 11) is 0. The van der Waals surface area contributed by atoms with Crippen LogP contribution in [0.2, 0.25) is 0 Å². The van der Waals surface area contributed by atoms with E-state index in [4.69, 9.17) is 9.52 Å². The van der Waals surface area contributed by atoms with Gasteiger partial charge in [0.25, 0.3) is 0 Å². The van der Waals surface area contributed by atoms with Gasteiger partial charge in [0.15, 0.2) is 0 Å². The first-order valence-corrected chi connectivity index (χ1v) is 3.87. The average molecular weight is 219 g/mol. The second-order valence-electron chi connectivity index (χ2n) is 2.23. The molecular formula is C7H7BrO3. The number of hydrogen-bond acceptors (Lipinski definition) is 2. The van der Waals surface area contributed by atoms with Crippen LogP contribution in [-0.2, 0) is 4.79 Å². The Balaban J connectivity index is 2.84. The van der Waals surface area contributed by atoms with Crippen LogP contribution in [0.3, 0.4) is 0 Å². The molecule has 1 unspecified atom stereocenters. The number of furan rings is 1. The zero-order valence-electron chi connectivity index (χ0n) is 5.87. The van der Waals surface area contributed by atoms with Gasteiger partial charge < -0.3 is 9.52 Å². The monoisotopic (exact) mass is 218 g/mol. The molecule has 1 N–H and O–H groups in total. The third kappa shape index (κ3) is 1.83. The van der Waals surface area contributed by atoms with Gasteiger partial charge in [-0.2, -0.15) is 0 Å². The van der Waals surface area contributed by atoms with Gasteiger partial charge in [0.1, 0.15) is 17.9 Å². The van der Waals surface area contributed by atoms with Crippen molar-refractivity contribution in [2.45, 2.75) is 12.8 Å². The molecule has 0 bridgehead atoms. The van der Waals surface area contributed by atoms with E-state index in [1.807, 2.05) is 0 Å². The van der Waals surface area contributed by atoms with Crippen LogP contribution in [-0.4, -0.2) is 11.1 Å². The largest absolute Gasteiger partial charge is 0.481 e. The molecule has 0 saturated carbocycles. The molecule has 1 atom stereocenters. The summed E-state index contributed by atoms with van der Waals surface area (Å²) in [6, 6.07) is 1.65. The molecule has 0 radical (unpaired) electrons. The van der Waals surface area contributed by atoms with Crippen LogP contribution in [0.4, 0.5) is 0 Å². The molecule has 0 aliphatic rings. The standard InChI is InChI=1S/C7H7BrO3/c1-4(7(9)10)6-2-5(8)3-11-6/h2-4H,1H3,(H,9,10). The van der Waals surface area contributed by atoms with Crippen molar-refractivity contribution >= 4 is 21.9 Å². The molecule has 11 heavy (non-hydrogen) atoms. The van der Waals surface area contributed by atoms with Gasteiger partial charge in [-0.3, -0.25) is 4.79 Å². The van der Waals surface area contributed by atoms with Crippen LogP contribution in [0.1, 0.15) is 18.6 Å². The molecule has 1 heterocycles. The predicted octanol–water partition coefficient (Wildman–Crippen LogP) is 2.23. The van der Waals surface area contributed by atoms with Gasteiger partial charge in [-0.05, 0) is 28.9 Å². The fourth-order valence-corrected chi connectivity index (χ4v) is 0.996. The first kappa shape index (κ1) is 8.33. The Morgan fingerprint density at radius 3 is 2.82 bits per heavy atom. The summed E-state index contributed by atoms with van der Waals surface area (Å²) >= 11 is 3.16. The summed E-state index contributed by atoms with van der Waals surface area (Å²) in [5.74, 6) is -1.00. The Kier molecular flexibility index (Phi) is 2.34. The number of rotatable bonds is 2. The van der Waals surface area contributed by atoms with Gasteiger partial charge in [0.05, 0.1) is 4.47 Å². The normalized spacial score (nSPS) is 12.9. The molecule has 0 fully saturated rings. The van der Waals surface area contributed by atoms with Crippen molar-refractivity contribution < 1.29 is 14.3 Å². The summed E-state index contributed by atoms with van der Waals surface area (Å²) in [4.78, 5) is 10.4. The SMILES string of the molecule is CC(C(=O)O)c1cc(Br)co1. The van der Waals surface area contributed by atoms with Crippen molar-refractivity contribution in [2.24, 2.45) is 0 Å². The molecule has 0 aromatic carbocycles. The van der Waals surface area contributed by atoms with Gasteiger partial charge in [0.2, 0.25) is 0 Å². The molecule has 0 spiro atoms. The third-order valence-electron chi connectivity index (χ3n) is 1.38. The number of carboxylic acids is 1. The molecule has 0 aliphatic heterocycles. The molecular weight excluding hydrogens is 212 g/mol. The zero-order valence-corrected chi connectivity index (χ0v) is 7.46. The van der Waals surface area contributed by atoms with E-state index in [0.717, 1.165) is 4.47 Å². The van der Waals surface area contributed by atoms with Gasteiger partial charge in [-0.1, -0.05) is 0 Å². The first-order chi connectivity index (χ1) is 5.11. The lowest BCUT2D eigenvalue weighted by Gasteiger charge is -1.98. The number of halogens is 1. The highest BCUT2D eigenvalue weighted by molar-refractivity contribution is 9.10. The van der Waals surface area contributed by atoms with Crippen LogP contribution in [0.5, 0.6) is 0 Å². The van der Waals surface area contributed by atoms with E-state index in [-0.39, 0.29) is 0 Å². The lowest BCUT2D eigenvalue weighted by Crippen LogP contribution is -2.05. The van der Waals surface area contributed by atoms with Gasteiger partial charge in [0, 0.05) is 0 Å². The molecule has 1 rings (SSSR count). The van der Waals surface area contributed by atoms with Crippen LogP contribution in [0.25, 0.3) is 0 Å². The predicted molar refractivity (Wildman–Crippen MR) is 42.5 cm³/mol. The third-order valence-corrected chi connectivity index (χ3v) is 1.80. The van der Waals surface area contributed by atoms with E-state index in [9.17, 15) is 4.79 Å². The van der Waals surface area contributed by atoms with Crippen molar-refractivity contribution in [1.29, 1.82) is 0 Å². The smallest absolute Gasteiger partial charge is 0.313 e. The topological polar surface area (TPSA) is 50.4 Å². The minimum atomic E-state index is -0.883. The fourth-order valence-electron chi connectivity index (χ4n) is 0.677. The molecule has 0 aliphatic carbocycles. The summed E-state index contributed by atoms with van der Waals surface area (Å²) in [6.07, 6.45) is 1.47. The Morgan fingerprint density at radius 2 is 2.45 bits per heavy atom. The van der Waals surface area contributed by atoms with E-state index >= 15 is 0 Å². The van der Waals surface area contributed by atoms with Crippen LogP contribution in [0.15, 0.2) is 21.2 Å². The van der Waals surface area contributed by atoms with Crippen molar-refractivity contribution in [3.05, 3.63) is 22.6 Å². The van der Waals surface area contributed by atoms with Crippen LogP contribution in [0, 0.1) is 0 Å².